The van der Waals surface area contributed by atoms with Crippen LogP contribution in [0.1, 0.15) is 13.3 Å². The van der Waals surface area contributed by atoms with Gasteiger partial charge in [-0.05, 0) is 25.1 Å². The van der Waals surface area contributed by atoms with Crippen LogP contribution in [0.2, 0.25) is 0 Å². The molecule has 0 saturated carbocycles. The standard InChI is InChI=1S/C16H19FN4O/c1-3-15(22)21-9-14(12(17)8-10(21)2)20-13-5-7-19-16-11(13)4-6-18-16/h3-7,10,12,14H,1,8-9H2,2H3,(H2,18,19,20)/t10-,12-,14-/m0/s1. The SMILES string of the molecule is C=CC(=O)N1C[C@H](Nc2ccnc3[nH]ccc23)[C@@H](F)C[C@@H]1C. The van der Waals surface area contributed by atoms with Gasteiger partial charge in [-0.3, -0.25) is 4.79 Å². The Morgan fingerprint density at radius 1 is 1.59 bits per heavy atom. The zero-order chi connectivity index (χ0) is 15.7. The molecule has 3 rings (SSSR count). The Hall–Kier alpha value is -2.37. The fraction of sp³-hybridized carbons (Fsp3) is 0.375. The van der Waals surface area contributed by atoms with Crippen LogP contribution in [0.4, 0.5) is 10.1 Å². The third-order valence-electron chi connectivity index (χ3n) is 4.19. The van der Waals surface area contributed by atoms with Gasteiger partial charge in [0.2, 0.25) is 5.91 Å². The molecular weight excluding hydrogens is 283 g/mol. The summed E-state index contributed by atoms with van der Waals surface area (Å²) in [5.41, 5.74) is 1.57. The lowest BCUT2D eigenvalue weighted by Gasteiger charge is -2.40. The first-order valence-corrected chi connectivity index (χ1v) is 7.36. The first kappa shape index (κ1) is 14.6. The third-order valence-corrected chi connectivity index (χ3v) is 4.19. The zero-order valence-electron chi connectivity index (χ0n) is 12.4. The number of amides is 1. The fourth-order valence-corrected chi connectivity index (χ4v) is 2.97. The van der Waals surface area contributed by atoms with Crippen molar-refractivity contribution < 1.29 is 9.18 Å². The minimum Gasteiger partial charge on any atom is -0.377 e. The van der Waals surface area contributed by atoms with Gasteiger partial charge in [0, 0.05) is 42.5 Å². The molecule has 0 bridgehead atoms. The number of fused-ring (bicyclic) bond motifs is 1. The molecule has 5 nitrogen and oxygen atoms in total. The maximum Gasteiger partial charge on any atom is 0.246 e. The second kappa shape index (κ2) is 5.79. The van der Waals surface area contributed by atoms with Crippen LogP contribution in [0, 0.1) is 0 Å². The second-order valence-corrected chi connectivity index (χ2v) is 5.64. The molecule has 3 heterocycles. The second-order valence-electron chi connectivity index (χ2n) is 5.64. The van der Waals surface area contributed by atoms with Crippen molar-refractivity contribution in [2.24, 2.45) is 0 Å². The maximum absolute atomic E-state index is 14.4. The van der Waals surface area contributed by atoms with E-state index in [2.05, 4.69) is 21.9 Å². The number of hydrogen-bond acceptors (Lipinski definition) is 3. The van der Waals surface area contributed by atoms with Crippen LogP contribution in [0.15, 0.2) is 37.2 Å². The molecule has 3 atom stereocenters. The van der Waals surface area contributed by atoms with Gasteiger partial charge >= 0.3 is 0 Å². The Bertz CT molecular complexity index is 698. The van der Waals surface area contributed by atoms with Crippen molar-refractivity contribution in [3.8, 4) is 0 Å². The van der Waals surface area contributed by atoms with E-state index < -0.39 is 12.2 Å². The number of alkyl halides is 1. The fourth-order valence-electron chi connectivity index (χ4n) is 2.97. The van der Waals surface area contributed by atoms with Gasteiger partial charge in [0.05, 0.1) is 6.04 Å². The van der Waals surface area contributed by atoms with Crippen molar-refractivity contribution in [2.45, 2.75) is 31.6 Å². The smallest absolute Gasteiger partial charge is 0.246 e. The lowest BCUT2D eigenvalue weighted by molar-refractivity contribution is -0.130. The van der Waals surface area contributed by atoms with E-state index in [0.29, 0.717) is 13.0 Å². The summed E-state index contributed by atoms with van der Waals surface area (Å²) in [7, 11) is 0. The molecule has 0 aliphatic carbocycles. The quantitative estimate of drug-likeness (QED) is 0.856. The largest absolute Gasteiger partial charge is 0.377 e. The molecule has 0 spiro atoms. The van der Waals surface area contributed by atoms with Crippen molar-refractivity contribution in [3.05, 3.63) is 37.2 Å². The summed E-state index contributed by atoms with van der Waals surface area (Å²) in [6.07, 6.45) is 4.06. The van der Waals surface area contributed by atoms with Crippen LogP contribution in [0.25, 0.3) is 11.0 Å². The number of nitrogens with zero attached hydrogens (tertiary/aromatic N) is 2. The van der Waals surface area contributed by atoms with Gasteiger partial charge in [0.1, 0.15) is 11.8 Å². The highest BCUT2D eigenvalue weighted by Crippen LogP contribution is 2.26. The van der Waals surface area contributed by atoms with Crippen LogP contribution in [-0.4, -0.2) is 45.6 Å². The van der Waals surface area contributed by atoms with E-state index in [1.54, 1.807) is 17.3 Å². The topological polar surface area (TPSA) is 61.0 Å². The van der Waals surface area contributed by atoms with Gasteiger partial charge in [-0.1, -0.05) is 6.58 Å². The van der Waals surface area contributed by atoms with E-state index in [-0.39, 0.29) is 11.9 Å². The molecule has 0 aromatic carbocycles. The molecule has 1 aliphatic heterocycles. The maximum atomic E-state index is 14.4. The van der Waals surface area contributed by atoms with E-state index in [4.69, 9.17) is 0 Å². The van der Waals surface area contributed by atoms with Crippen molar-refractivity contribution in [3.63, 3.8) is 0 Å². The first-order chi connectivity index (χ1) is 10.6. The minimum absolute atomic E-state index is 0.122. The van der Waals surface area contributed by atoms with E-state index in [1.165, 1.54) is 6.08 Å². The lowest BCUT2D eigenvalue weighted by atomic mass is 9.96. The van der Waals surface area contributed by atoms with Crippen LogP contribution in [0.3, 0.4) is 0 Å². The number of anilines is 1. The molecule has 1 aliphatic rings. The van der Waals surface area contributed by atoms with Crippen LogP contribution in [0.5, 0.6) is 0 Å². The summed E-state index contributed by atoms with van der Waals surface area (Å²) < 4.78 is 14.4. The molecule has 1 amide bonds. The van der Waals surface area contributed by atoms with Crippen LogP contribution >= 0.6 is 0 Å². The zero-order valence-corrected chi connectivity index (χ0v) is 12.4. The Balaban J connectivity index is 1.83. The summed E-state index contributed by atoms with van der Waals surface area (Å²) in [4.78, 5) is 20.8. The number of piperidine rings is 1. The lowest BCUT2D eigenvalue weighted by Crippen LogP contribution is -2.54. The summed E-state index contributed by atoms with van der Waals surface area (Å²) in [6, 6.07) is 3.15. The molecule has 2 N–H and O–H groups in total. The Morgan fingerprint density at radius 3 is 3.18 bits per heavy atom. The predicted octanol–water partition coefficient (Wildman–Crippen LogP) is 2.49. The Morgan fingerprint density at radius 2 is 2.41 bits per heavy atom. The molecule has 116 valence electrons. The number of nitrogens with one attached hydrogen (secondary N) is 2. The van der Waals surface area contributed by atoms with Gasteiger partial charge in [0.15, 0.2) is 0 Å². The number of aromatic nitrogens is 2. The molecule has 0 unspecified atom stereocenters. The number of rotatable bonds is 3. The average Bonchev–Trinajstić information content (AvgIpc) is 2.98. The third kappa shape index (κ3) is 2.56. The highest BCUT2D eigenvalue weighted by molar-refractivity contribution is 5.89. The molecular formula is C16H19FN4O. The highest BCUT2D eigenvalue weighted by atomic mass is 19.1. The van der Waals surface area contributed by atoms with Crippen molar-refractivity contribution in [1.82, 2.24) is 14.9 Å². The van der Waals surface area contributed by atoms with E-state index in [9.17, 15) is 9.18 Å². The van der Waals surface area contributed by atoms with Gasteiger partial charge in [0.25, 0.3) is 0 Å². The van der Waals surface area contributed by atoms with Crippen molar-refractivity contribution in [1.29, 1.82) is 0 Å². The highest BCUT2D eigenvalue weighted by Gasteiger charge is 2.35. The molecule has 6 heteroatoms. The normalized spacial score (nSPS) is 25.2. The number of carbonyl (C=O) groups excluding carboxylic acids is 1. The number of aromatic amines is 1. The number of carbonyl (C=O) groups is 1. The number of hydrogen-bond donors (Lipinski definition) is 2. The molecule has 22 heavy (non-hydrogen) atoms. The summed E-state index contributed by atoms with van der Waals surface area (Å²) >= 11 is 0. The minimum atomic E-state index is -1.01. The van der Waals surface area contributed by atoms with Gasteiger partial charge in [-0.25, -0.2) is 9.37 Å². The Labute approximate surface area is 128 Å². The molecule has 0 radical (unpaired) electrons. The molecule has 2 aromatic rings. The Kier molecular flexibility index (Phi) is 3.83. The van der Waals surface area contributed by atoms with Gasteiger partial charge < -0.3 is 15.2 Å². The van der Waals surface area contributed by atoms with Crippen LogP contribution < -0.4 is 5.32 Å². The monoisotopic (exact) mass is 302 g/mol. The molecule has 1 saturated heterocycles. The summed E-state index contributed by atoms with van der Waals surface area (Å²) in [5.74, 6) is -0.160. The van der Waals surface area contributed by atoms with Crippen molar-refractivity contribution in [2.75, 3.05) is 11.9 Å². The van der Waals surface area contributed by atoms with E-state index >= 15 is 0 Å². The van der Waals surface area contributed by atoms with Gasteiger partial charge in [-0.2, -0.15) is 0 Å². The van der Waals surface area contributed by atoms with E-state index in [0.717, 1.165) is 16.7 Å². The number of H-pyrrole nitrogens is 1. The summed E-state index contributed by atoms with van der Waals surface area (Å²) in [5, 5.41) is 4.14. The van der Waals surface area contributed by atoms with Gasteiger partial charge in [-0.15, -0.1) is 0 Å². The number of likely N-dealkylation sites (tertiary alicyclic amines) is 1. The predicted molar refractivity (Wildman–Crippen MR) is 84.4 cm³/mol. The summed E-state index contributed by atoms with van der Waals surface area (Å²) in [6.45, 7) is 5.70. The van der Waals surface area contributed by atoms with Crippen LogP contribution in [-0.2, 0) is 4.79 Å². The first-order valence-electron chi connectivity index (χ1n) is 7.36. The number of pyridine rings is 1. The molecule has 1 fully saturated rings. The van der Waals surface area contributed by atoms with Crippen molar-refractivity contribution >= 4 is 22.6 Å². The average molecular weight is 302 g/mol. The number of halogens is 1. The molecule has 2 aromatic heterocycles. The van der Waals surface area contributed by atoms with E-state index in [1.807, 2.05) is 19.1 Å².